The van der Waals surface area contributed by atoms with Crippen LogP contribution in [0.4, 0.5) is 0 Å². The molecule has 1 heterocycles. The summed E-state index contributed by atoms with van der Waals surface area (Å²) in [5, 5.41) is 10.5. The molecule has 0 radical (unpaired) electrons. The quantitative estimate of drug-likeness (QED) is 0.637. The van der Waals surface area contributed by atoms with Gasteiger partial charge in [-0.3, -0.25) is 4.79 Å². The number of alkyl halides is 1. The van der Waals surface area contributed by atoms with Gasteiger partial charge in [0.1, 0.15) is 0 Å². The molecule has 0 spiro atoms. The van der Waals surface area contributed by atoms with Gasteiger partial charge in [-0.15, -0.1) is 0 Å². The van der Waals surface area contributed by atoms with Gasteiger partial charge < -0.3 is 14.6 Å². The molecule has 1 aliphatic heterocycles. The molecule has 0 aromatic heterocycles. The minimum Gasteiger partial charge on any atom is -0.469 e. The first-order chi connectivity index (χ1) is 8.50. The van der Waals surface area contributed by atoms with Crippen molar-refractivity contribution >= 4 is 21.9 Å². The number of hydrogen-bond donors (Lipinski definition) is 1. The Morgan fingerprint density at radius 1 is 1.67 bits per heavy atom. The van der Waals surface area contributed by atoms with Crippen LogP contribution in [0.1, 0.15) is 39.0 Å². The molecule has 1 saturated carbocycles. The first-order valence-electron chi connectivity index (χ1n) is 6.61. The fourth-order valence-electron chi connectivity index (χ4n) is 3.26. The number of ether oxygens (including phenoxy) is 2. The van der Waals surface area contributed by atoms with Crippen molar-refractivity contribution in [2.75, 3.05) is 7.11 Å². The zero-order valence-corrected chi connectivity index (χ0v) is 12.5. The molecule has 5 atom stereocenters. The Kier molecular flexibility index (Phi) is 4.34. The molecule has 1 aliphatic carbocycles. The summed E-state index contributed by atoms with van der Waals surface area (Å²) in [6.07, 6.45) is 3.68. The summed E-state index contributed by atoms with van der Waals surface area (Å²) in [6.45, 7) is 2.09. The molecule has 0 bridgehead atoms. The van der Waals surface area contributed by atoms with Crippen LogP contribution in [0.5, 0.6) is 0 Å². The van der Waals surface area contributed by atoms with E-state index in [4.69, 9.17) is 9.47 Å². The van der Waals surface area contributed by atoms with E-state index in [1.165, 1.54) is 7.11 Å². The van der Waals surface area contributed by atoms with Crippen LogP contribution in [0.2, 0.25) is 0 Å². The van der Waals surface area contributed by atoms with Crippen LogP contribution >= 0.6 is 15.9 Å². The largest absolute Gasteiger partial charge is 0.469 e. The second-order valence-corrected chi connectivity index (χ2v) is 6.52. The third kappa shape index (κ3) is 2.58. The van der Waals surface area contributed by atoms with Gasteiger partial charge in [-0.05, 0) is 25.2 Å². The van der Waals surface area contributed by atoms with E-state index in [0.717, 1.165) is 19.3 Å². The molecule has 2 fully saturated rings. The van der Waals surface area contributed by atoms with Gasteiger partial charge in [0.25, 0.3) is 0 Å². The molecule has 1 N–H and O–H groups in total. The predicted molar refractivity (Wildman–Crippen MR) is 70.3 cm³/mol. The lowest BCUT2D eigenvalue weighted by atomic mass is 9.87. The van der Waals surface area contributed by atoms with E-state index >= 15 is 0 Å². The SMILES string of the molecule is CCC(Br)C1CC2[C@@H](CC(=O)OC)CCC2(O)O1. The highest BCUT2D eigenvalue weighted by molar-refractivity contribution is 9.09. The van der Waals surface area contributed by atoms with Crippen molar-refractivity contribution < 1.29 is 19.4 Å². The van der Waals surface area contributed by atoms with E-state index in [-0.39, 0.29) is 28.7 Å². The topological polar surface area (TPSA) is 55.8 Å². The summed E-state index contributed by atoms with van der Waals surface area (Å²) in [4.78, 5) is 11.6. The van der Waals surface area contributed by atoms with Crippen molar-refractivity contribution in [2.24, 2.45) is 11.8 Å². The maximum Gasteiger partial charge on any atom is 0.305 e. The Labute approximate surface area is 116 Å². The van der Waals surface area contributed by atoms with E-state index in [2.05, 4.69) is 22.9 Å². The van der Waals surface area contributed by atoms with Crippen LogP contribution < -0.4 is 0 Å². The van der Waals surface area contributed by atoms with Crippen molar-refractivity contribution in [3.63, 3.8) is 0 Å². The maximum absolute atomic E-state index is 11.4. The van der Waals surface area contributed by atoms with Gasteiger partial charge in [0.2, 0.25) is 0 Å². The lowest BCUT2D eigenvalue weighted by molar-refractivity contribution is -0.203. The van der Waals surface area contributed by atoms with Crippen molar-refractivity contribution in [3.8, 4) is 0 Å². The number of esters is 1. The van der Waals surface area contributed by atoms with E-state index < -0.39 is 5.79 Å². The van der Waals surface area contributed by atoms with Crippen molar-refractivity contribution in [1.29, 1.82) is 0 Å². The standard InChI is InChI=1S/C13H21BrO4/c1-3-10(14)11-7-9-8(6-12(15)17-2)4-5-13(9,16)18-11/h8-11,16H,3-7H2,1-2H3/t8-,9?,10?,11?,13?/m1/s1. The Hall–Kier alpha value is -0.130. The van der Waals surface area contributed by atoms with Crippen LogP contribution in [0.25, 0.3) is 0 Å². The molecule has 2 aliphatic rings. The minimum atomic E-state index is -1.02. The van der Waals surface area contributed by atoms with E-state index in [9.17, 15) is 9.90 Å². The van der Waals surface area contributed by atoms with Gasteiger partial charge in [-0.1, -0.05) is 22.9 Å². The first-order valence-corrected chi connectivity index (χ1v) is 7.52. The number of aliphatic hydroxyl groups is 1. The highest BCUT2D eigenvalue weighted by Gasteiger charge is 2.56. The molecular weight excluding hydrogens is 300 g/mol. The Morgan fingerprint density at radius 2 is 2.39 bits per heavy atom. The number of carbonyl (C=O) groups excluding carboxylic acids is 1. The number of carbonyl (C=O) groups is 1. The summed E-state index contributed by atoms with van der Waals surface area (Å²) in [6, 6.07) is 0. The second kappa shape index (κ2) is 5.47. The Balaban J connectivity index is 2.02. The summed E-state index contributed by atoms with van der Waals surface area (Å²) in [5.41, 5.74) is 0. The van der Waals surface area contributed by atoms with Crippen LogP contribution in [0.3, 0.4) is 0 Å². The number of fused-ring (bicyclic) bond motifs is 1. The molecular formula is C13H21BrO4. The summed E-state index contributed by atoms with van der Waals surface area (Å²) in [5.74, 6) is -0.972. The van der Waals surface area contributed by atoms with Crippen LogP contribution in [-0.2, 0) is 14.3 Å². The zero-order chi connectivity index (χ0) is 13.3. The Morgan fingerprint density at radius 3 is 3.00 bits per heavy atom. The van der Waals surface area contributed by atoms with Crippen LogP contribution in [-0.4, -0.2) is 34.9 Å². The third-order valence-corrected chi connectivity index (χ3v) is 5.55. The fourth-order valence-corrected chi connectivity index (χ4v) is 3.58. The highest BCUT2D eigenvalue weighted by Crippen LogP contribution is 2.52. The zero-order valence-electron chi connectivity index (χ0n) is 10.9. The predicted octanol–water partition coefficient (Wildman–Crippen LogP) is 2.23. The number of halogens is 1. The molecule has 4 nitrogen and oxygen atoms in total. The molecule has 0 aromatic rings. The van der Waals surface area contributed by atoms with Crippen molar-refractivity contribution in [2.45, 2.75) is 55.7 Å². The normalized spacial score (nSPS) is 40.6. The molecule has 5 heteroatoms. The fraction of sp³-hybridized carbons (Fsp3) is 0.923. The Bertz CT molecular complexity index is 322. The first kappa shape index (κ1) is 14.3. The number of hydrogen-bond acceptors (Lipinski definition) is 4. The maximum atomic E-state index is 11.4. The molecule has 4 unspecified atom stereocenters. The van der Waals surface area contributed by atoms with Gasteiger partial charge in [0.05, 0.1) is 13.2 Å². The molecule has 0 aromatic carbocycles. The molecule has 0 amide bonds. The summed E-state index contributed by atoms with van der Waals surface area (Å²) >= 11 is 3.59. The van der Waals surface area contributed by atoms with Gasteiger partial charge >= 0.3 is 5.97 Å². The van der Waals surface area contributed by atoms with Gasteiger partial charge in [0, 0.05) is 23.6 Å². The van der Waals surface area contributed by atoms with Gasteiger partial charge in [-0.25, -0.2) is 0 Å². The van der Waals surface area contributed by atoms with E-state index in [0.29, 0.717) is 12.8 Å². The van der Waals surface area contributed by atoms with Crippen LogP contribution in [0.15, 0.2) is 0 Å². The number of methoxy groups -OCH3 is 1. The van der Waals surface area contributed by atoms with Gasteiger partial charge in [0.15, 0.2) is 5.79 Å². The smallest absolute Gasteiger partial charge is 0.305 e. The molecule has 2 rings (SSSR count). The third-order valence-electron chi connectivity index (χ3n) is 4.31. The highest BCUT2D eigenvalue weighted by atomic mass is 79.9. The second-order valence-electron chi connectivity index (χ2n) is 5.35. The lowest BCUT2D eigenvalue weighted by Crippen LogP contribution is -2.33. The average molecular weight is 321 g/mol. The molecule has 104 valence electrons. The summed E-state index contributed by atoms with van der Waals surface area (Å²) in [7, 11) is 1.41. The van der Waals surface area contributed by atoms with Crippen molar-refractivity contribution in [3.05, 3.63) is 0 Å². The monoisotopic (exact) mass is 320 g/mol. The van der Waals surface area contributed by atoms with E-state index in [1.54, 1.807) is 0 Å². The summed E-state index contributed by atoms with van der Waals surface area (Å²) < 4.78 is 10.5. The molecule has 18 heavy (non-hydrogen) atoms. The average Bonchev–Trinajstić information content (AvgIpc) is 2.84. The molecule has 1 saturated heterocycles. The van der Waals surface area contributed by atoms with Gasteiger partial charge in [-0.2, -0.15) is 0 Å². The van der Waals surface area contributed by atoms with Crippen molar-refractivity contribution in [1.82, 2.24) is 0 Å². The van der Waals surface area contributed by atoms with Crippen LogP contribution in [0, 0.1) is 11.8 Å². The minimum absolute atomic E-state index is 0.0467. The lowest BCUT2D eigenvalue weighted by Gasteiger charge is -2.24. The number of rotatable bonds is 4. The van der Waals surface area contributed by atoms with E-state index in [1.807, 2.05) is 0 Å².